The van der Waals surface area contributed by atoms with Gasteiger partial charge in [0.1, 0.15) is 5.82 Å². The van der Waals surface area contributed by atoms with Gasteiger partial charge in [0.05, 0.1) is 5.56 Å². The van der Waals surface area contributed by atoms with Crippen LogP contribution in [0.1, 0.15) is 57.1 Å². The van der Waals surface area contributed by atoms with Gasteiger partial charge in [-0.2, -0.15) is 0 Å². The monoisotopic (exact) mass is 294 g/mol. The largest absolute Gasteiger partial charge is 0.478 e. The summed E-state index contributed by atoms with van der Waals surface area (Å²) in [5.74, 6) is -0.105. The van der Waals surface area contributed by atoms with E-state index in [4.69, 9.17) is 5.11 Å². The summed E-state index contributed by atoms with van der Waals surface area (Å²) in [6, 6.07) is 3.22. The van der Waals surface area contributed by atoms with Crippen molar-refractivity contribution in [3.8, 4) is 0 Å². The van der Waals surface area contributed by atoms with Crippen LogP contribution in [0.4, 0.5) is 5.82 Å². The summed E-state index contributed by atoms with van der Waals surface area (Å²) in [6.07, 6.45) is 0.599. The zero-order valence-corrected chi connectivity index (χ0v) is 13.5. The molecule has 1 rings (SSSR count). The molecule has 0 spiro atoms. The van der Waals surface area contributed by atoms with Crippen LogP contribution in [0.25, 0.3) is 0 Å². The molecule has 5 nitrogen and oxygen atoms in total. The number of pyridine rings is 1. The smallest absolute Gasteiger partial charge is 0.335 e. The van der Waals surface area contributed by atoms with E-state index in [0.29, 0.717) is 18.2 Å². The number of carboxylic acid groups (broad SMARTS) is 1. The first-order valence-electron chi connectivity index (χ1n) is 7.28. The van der Waals surface area contributed by atoms with Crippen LogP contribution in [-0.2, 0) is 5.41 Å². The molecule has 1 aromatic heterocycles. The molecule has 1 atom stereocenters. The zero-order chi connectivity index (χ0) is 16.2. The standard InChI is InChI=1S/C16H26N2O3/c1-10(2)12(6-7-19)17-14-9-11(15(20)21)8-13(18-14)16(3,4)5/h8-10,12,19H,6-7H2,1-5H3,(H,17,18)(H,20,21). The maximum Gasteiger partial charge on any atom is 0.335 e. The van der Waals surface area contributed by atoms with Gasteiger partial charge < -0.3 is 15.5 Å². The SMILES string of the molecule is CC(C)C(CCO)Nc1cc(C(=O)O)cc(C(C)(C)C)n1. The molecule has 3 N–H and O–H groups in total. The first-order chi connectivity index (χ1) is 9.65. The molecule has 0 aliphatic heterocycles. The number of anilines is 1. The van der Waals surface area contributed by atoms with Gasteiger partial charge in [0.15, 0.2) is 0 Å². The number of nitrogens with zero attached hydrogens (tertiary/aromatic N) is 1. The van der Waals surface area contributed by atoms with Crippen molar-refractivity contribution in [2.45, 2.75) is 52.5 Å². The Morgan fingerprint density at radius 2 is 1.95 bits per heavy atom. The Morgan fingerprint density at radius 1 is 1.33 bits per heavy atom. The number of aliphatic hydroxyl groups is 1. The quantitative estimate of drug-likeness (QED) is 0.751. The molecule has 0 saturated carbocycles. The van der Waals surface area contributed by atoms with Crippen LogP contribution in [0.3, 0.4) is 0 Å². The van der Waals surface area contributed by atoms with Crippen LogP contribution in [-0.4, -0.2) is 33.8 Å². The Kier molecular flexibility index (Phi) is 5.72. The van der Waals surface area contributed by atoms with Crippen LogP contribution < -0.4 is 5.32 Å². The van der Waals surface area contributed by atoms with Gasteiger partial charge in [-0.15, -0.1) is 0 Å². The molecule has 1 heterocycles. The lowest BCUT2D eigenvalue weighted by Gasteiger charge is -2.24. The van der Waals surface area contributed by atoms with Gasteiger partial charge in [0.2, 0.25) is 0 Å². The Hall–Kier alpha value is -1.62. The van der Waals surface area contributed by atoms with Gasteiger partial charge in [-0.25, -0.2) is 9.78 Å². The van der Waals surface area contributed by atoms with E-state index in [1.54, 1.807) is 12.1 Å². The van der Waals surface area contributed by atoms with Crippen molar-refractivity contribution in [1.29, 1.82) is 0 Å². The van der Waals surface area contributed by atoms with E-state index in [1.807, 2.05) is 20.8 Å². The number of aromatic carboxylic acids is 1. The third-order valence-electron chi connectivity index (χ3n) is 3.42. The highest BCUT2D eigenvalue weighted by molar-refractivity contribution is 5.88. The molecule has 1 unspecified atom stereocenters. The Bertz CT molecular complexity index is 493. The Balaban J connectivity index is 3.16. The van der Waals surface area contributed by atoms with E-state index in [1.165, 1.54) is 0 Å². The van der Waals surface area contributed by atoms with E-state index in [-0.39, 0.29) is 23.6 Å². The van der Waals surface area contributed by atoms with Gasteiger partial charge in [0.25, 0.3) is 0 Å². The fraction of sp³-hybridized carbons (Fsp3) is 0.625. The van der Waals surface area contributed by atoms with E-state index in [2.05, 4.69) is 24.1 Å². The van der Waals surface area contributed by atoms with Crippen LogP contribution >= 0.6 is 0 Å². The minimum Gasteiger partial charge on any atom is -0.478 e. The third kappa shape index (κ3) is 5.01. The van der Waals surface area contributed by atoms with Crippen molar-refractivity contribution in [1.82, 2.24) is 4.98 Å². The second kappa shape index (κ2) is 6.89. The minimum absolute atomic E-state index is 0.0550. The topological polar surface area (TPSA) is 82.5 Å². The lowest BCUT2D eigenvalue weighted by atomic mass is 9.90. The molecule has 5 heteroatoms. The van der Waals surface area contributed by atoms with Gasteiger partial charge >= 0.3 is 5.97 Å². The summed E-state index contributed by atoms with van der Waals surface area (Å²) in [4.78, 5) is 15.8. The molecule has 21 heavy (non-hydrogen) atoms. The molecule has 118 valence electrons. The minimum atomic E-state index is -0.964. The summed E-state index contributed by atoms with van der Waals surface area (Å²) in [5.41, 5.74) is 0.729. The predicted octanol–water partition coefficient (Wildman–Crippen LogP) is 2.90. The summed E-state index contributed by atoms with van der Waals surface area (Å²) >= 11 is 0. The van der Waals surface area contributed by atoms with Crippen molar-refractivity contribution in [3.63, 3.8) is 0 Å². The van der Waals surface area contributed by atoms with Crippen molar-refractivity contribution >= 4 is 11.8 Å². The summed E-state index contributed by atoms with van der Waals surface area (Å²) < 4.78 is 0. The highest BCUT2D eigenvalue weighted by Gasteiger charge is 2.20. The van der Waals surface area contributed by atoms with E-state index < -0.39 is 5.97 Å². The average molecular weight is 294 g/mol. The fourth-order valence-electron chi connectivity index (χ4n) is 2.01. The zero-order valence-electron chi connectivity index (χ0n) is 13.5. The number of hydrogen-bond donors (Lipinski definition) is 3. The molecular weight excluding hydrogens is 268 g/mol. The first-order valence-corrected chi connectivity index (χ1v) is 7.28. The summed E-state index contributed by atoms with van der Waals surface area (Å²) in [7, 11) is 0. The van der Waals surface area contributed by atoms with Crippen molar-refractivity contribution in [2.75, 3.05) is 11.9 Å². The number of rotatable bonds is 6. The summed E-state index contributed by atoms with van der Waals surface area (Å²) in [6.45, 7) is 10.2. The van der Waals surface area contributed by atoms with E-state index in [9.17, 15) is 9.90 Å². The van der Waals surface area contributed by atoms with Crippen molar-refractivity contribution in [3.05, 3.63) is 23.4 Å². The van der Waals surface area contributed by atoms with E-state index in [0.717, 1.165) is 5.69 Å². The first kappa shape index (κ1) is 17.4. The molecule has 0 bridgehead atoms. The lowest BCUT2D eigenvalue weighted by molar-refractivity contribution is 0.0696. The van der Waals surface area contributed by atoms with Gasteiger partial charge in [-0.3, -0.25) is 0 Å². The molecule has 0 fully saturated rings. The predicted molar refractivity (Wildman–Crippen MR) is 83.8 cm³/mol. The van der Waals surface area contributed by atoms with Crippen molar-refractivity contribution < 1.29 is 15.0 Å². The molecule has 0 aromatic carbocycles. The second-order valence-corrected chi connectivity index (χ2v) is 6.69. The van der Waals surface area contributed by atoms with Gasteiger partial charge in [0, 0.05) is 23.8 Å². The number of aliphatic hydroxyl groups excluding tert-OH is 1. The van der Waals surface area contributed by atoms with Crippen molar-refractivity contribution in [2.24, 2.45) is 5.92 Å². The maximum atomic E-state index is 11.3. The number of nitrogens with one attached hydrogen (secondary N) is 1. The van der Waals surface area contributed by atoms with Crippen LogP contribution in [0.15, 0.2) is 12.1 Å². The second-order valence-electron chi connectivity index (χ2n) is 6.69. The lowest BCUT2D eigenvalue weighted by Crippen LogP contribution is -2.28. The molecule has 0 aliphatic rings. The number of aromatic nitrogens is 1. The molecule has 0 radical (unpaired) electrons. The maximum absolute atomic E-state index is 11.3. The number of carbonyl (C=O) groups is 1. The highest BCUT2D eigenvalue weighted by Crippen LogP contribution is 2.24. The normalized spacial score (nSPS) is 13.3. The van der Waals surface area contributed by atoms with Gasteiger partial charge in [-0.05, 0) is 24.5 Å². The van der Waals surface area contributed by atoms with Crippen LogP contribution in [0.5, 0.6) is 0 Å². The molecule has 1 aromatic rings. The Morgan fingerprint density at radius 3 is 2.38 bits per heavy atom. The number of carboxylic acids is 1. The fourth-order valence-corrected chi connectivity index (χ4v) is 2.01. The molecule has 0 saturated heterocycles. The molecular formula is C16H26N2O3. The van der Waals surface area contributed by atoms with E-state index >= 15 is 0 Å². The average Bonchev–Trinajstić information content (AvgIpc) is 2.36. The number of hydrogen-bond acceptors (Lipinski definition) is 4. The molecule has 0 amide bonds. The Labute approximate surface area is 126 Å². The van der Waals surface area contributed by atoms with Crippen LogP contribution in [0.2, 0.25) is 0 Å². The molecule has 0 aliphatic carbocycles. The highest BCUT2D eigenvalue weighted by atomic mass is 16.4. The third-order valence-corrected chi connectivity index (χ3v) is 3.42. The van der Waals surface area contributed by atoms with Crippen LogP contribution in [0, 0.1) is 5.92 Å². The summed E-state index contributed by atoms with van der Waals surface area (Å²) in [5, 5.41) is 21.6. The van der Waals surface area contributed by atoms with Gasteiger partial charge in [-0.1, -0.05) is 34.6 Å².